The molecule has 0 aliphatic rings. The molecule has 2 aromatic rings. The van der Waals surface area contributed by atoms with Crippen molar-refractivity contribution in [2.24, 2.45) is 10.2 Å². The Bertz CT molecular complexity index is 875. The molecule has 0 radical (unpaired) electrons. The Hall–Kier alpha value is -3.38. The Morgan fingerprint density at radius 3 is 2.37 bits per heavy atom. The quantitative estimate of drug-likeness (QED) is 0.213. The van der Waals surface area contributed by atoms with E-state index in [0.717, 1.165) is 5.69 Å². The summed E-state index contributed by atoms with van der Waals surface area (Å²) in [6, 6.07) is 14.5. The van der Waals surface area contributed by atoms with Crippen LogP contribution in [0.3, 0.4) is 0 Å². The number of para-hydroxylation sites is 1. The SMILES string of the molecule is CN(/N=C\C(=N\Nc1ccc([N+](=O)[O-])cc1)[C@H](O)[C@@H](O)[C@@H](O)CO)c1ccccc1. The number of non-ortho nitro benzene ring substituents is 1. The van der Waals surface area contributed by atoms with Crippen LogP contribution in [0.5, 0.6) is 0 Å². The van der Waals surface area contributed by atoms with Crippen LogP contribution in [-0.4, -0.2) is 69.2 Å². The van der Waals surface area contributed by atoms with Gasteiger partial charge in [-0.15, -0.1) is 0 Å². The molecular formula is C19H23N5O6. The number of nitro benzene ring substituents is 1. The van der Waals surface area contributed by atoms with Gasteiger partial charge in [0.25, 0.3) is 5.69 Å². The summed E-state index contributed by atoms with van der Waals surface area (Å²) in [7, 11) is 1.67. The number of benzene rings is 2. The number of hydrogen-bond donors (Lipinski definition) is 5. The molecule has 0 unspecified atom stereocenters. The Balaban J connectivity index is 2.24. The molecule has 0 fully saturated rings. The van der Waals surface area contributed by atoms with Crippen molar-refractivity contribution in [2.75, 3.05) is 24.1 Å². The van der Waals surface area contributed by atoms with Gasteiger partial charge in [0.1, 0.15) is 24.0 Å². The van der Waals surface area contributed by atoms with Gasteiger partial charge in [-0.1, -0.05) is 18.2 Å². The number of hydrogen-bond acceptors (Lipinski definition) is 10. The van der Waals surface area contributed by atoms with Crippen molar-refractivity contribution < 1.29 is 25.3 Å². The summed E-state index contributed by atoms with van der Waals surface area (Å²) in [5.74, 6) is 0. The van der Waals surface area contributed by atoms with E-state index < -0.39 is 29.8 Å². The lowest BCUT2D eigenvalue weighted by molar-refractivity contribution is -0.384. The molecule has 0 saturated carbocycles. The van der Waals surface area contributed by atoms with Gasteiger partial charge in [0.05, 0.1) is 29.1 Å². The zero-order chi connectivity index (χ0) is 22.1. The average Bonchev–Trinajstić information content (AvgIpc) is 2.78. The third kappa shape index (κ3) is 6.32. The van der Waals surface area contributed by atoms with E-state index in [1.54, 1.807) is 7.05 Å². The highest BCUT2D eigenvalue weighted by Crippen LogP contribution is 2.16. The van der Waals surface area contributed by atoms with Crippen LogP contribution in [0.1, 0.15) is 0 Å². The van der Waals surface area contributed by atoms with E-state index in [0.29, 0.717) is 5.69 Å². The molecule has 2 rings (SSSR count). The topological polar surface area (TPSA) is 164 Å². The maximum atomic E-state index is 10.7. The molecule has 3 atom stereocenters. The molecular weight excluding hydrogens is 394 g/mol. The van der Waals surface area contributed by atoms with Crippen LogP contribution >= 0.6 is 0 Å². The van der Waals surface area contributed by atoms with Crippen molar-refractivity contribution in [2.45, 2.75) is 18.3 Å². The van der Waals surface area contributed by atoms with E-state index >= 15 is 0 Å². The maximum Gasteiger partial charge on any atom is 0.269 e. The van der Waals surface area contributed by atoms with Crippen LogP contribution in [0.4, 0.5) is 17.1 Å². The summed E-state index contributed by atoms with van der Waals surface area (Å²) in [4.78, 5) is 10.2. The van der Waals surface area contributed by atoms with Crippen molar-refractivity contribution in [1.82, 2.24) is 0 Å². The summed E-state index contributed by atoms with van der Waals surface area (Å²) in [5.41, 5.74) is 3.50. The summed E-state index contributed by atoms with van der Waals surface area (Å²) < 4.78 is 0. The third-order valence-corrected chi connectivity index (χ3v) is 4.09. The van der Waals surface area contributed by atoms with Crippen LogP contribution in [0.15, 0.2) is 64.8 Å². The van der Waals surface area contributed by atoms with E-state index in [1.165, 1.54) is 35.5 Å². The highest BCUT2D eigenvalue weighted by Gasteiger charge is 2.28. The minimum atomic E-state index is -1.72. The third-order valence-electron chi connectivity index (χ3n) is 4.09. The lowest BCUT2D eigenvalue weighted by Crippen LogP contribution is -2.44. The molecule has 0 amide bonds. The lowest BCUT2D eigenvalue weighted by Gasteiger charge is -2.21. The average molecular weight is 417 g/mol. The fourth-order valence-electron chi connectivity index (χ4n) is 2.31. The second kappa shape index (κ2) is 11.0. The standard InChI is InChI=1S/C19H23N5O6/c1-23(14-5-3-2-4-6-14)20-11-16(18(27)19(28)17(26)12-25)22-21-13-7-9-15(10-8-13)24(29)30/h2-11,17-19,21,25-28H,12H2,1H3/b20-11-,22-16-/t17-,18-,19-/m0/s1. The highest BCUT2D eigenvalue weighted by molar-refractivity contribution is 6.33. The minimum Gasteiger partial charge on any atom is -0.394 e. The molecule has 2 aromatic carbocycles. The van der Waals surface area contributed by atoms with Crippen molar-refractivity contribution in [3.05, 3.63) is 64.7 Å². The maximum absolute atomic E-state index is 10.7. The lowest BCUT2D eigenvalue weighted by atomic mass is 10.0. The fraction of sp³-hybridized carbons (Fsp3) is 0.263. The summed E-state index contributed by atoms with van der Waals surface area (Å²) in [5, 5.41) is 59.4. The Labute approximate surface area is 172 Å². The van der Waals surface area contributed by atoms with Crippen molar-refractivity contribution in [3.8, 4) is 0 Å². The second-order valence-corrected chi connectivity index (χ2v) is 6.24. The number of rotatable bonds is 10. The Kier molecular flexibility index (Phi) is 8.38. The van der Waals surface area contributed by atoms with Gasteiger partial charge in [-0.05, 0) is 24.3 Å². The first kappa shape index (κ1) is 22.9. The van der Waals surface area contributed by atoms with Gasteiger partial charge >= 0.3 is 0 Å². The van der Waals surface area contributed by atoms with E-state index in [1.807, 2.05) is 30.3 Å². The van der Waals surface area contributed by atoms with Crippen molar-refractivity contribution in [3.63, 3.8) is 0 Å². The van der Waals surface area contributed by atoms with Gasteiger partial charge in [-0.25, -0.2) is 0 Å². The Morgan fingerprint density at radius 2 is 1.80 bits per heavy atom. The smallest absolute Gasteiger partial charge is 0.269 e. The molecule has 11 nitrogen and oxygen atoms in total. The molecule has 11 heteroatoms. The molecule has 0 aliphatic heterocycles. The number of nitro groups is 1. The number of aliphatic hydroxyl groups is 4. The molecule has 30 heavy (non-hydrogen) atoms. The van der Waals surface area contributed by atoms with Crippen molar-refractivity contribution in [1.29, 1.82) is 0 Å². The van der Waals surface area contributed by atoms with Gasteiger partial charge in [0, 0.05) is 19.2 Å². The van der Waals surface area contributed by atoms with Gasteiger partial charge in [0.15, 0.2) is 0 Å². The molecule has 0 aromatic heterocycles. The second-order valence-electron chi connectivity index (χ2n) is 6.24. The number of nitrogens with zero attached hydrogens (tertiary/aromatic N) is 4. The number of anilines is 2. The van der Waals surface area contributed by atoms with E-state index in [2.05, 4.69) is 15.6 Å². The molecule has 0 spiro atoms. The summed E-state index contributed by atoms with van der Waals surface area (Å²) in [6.45, 7) is -0.762. The van der Waals surface area contributed by atoms with Crippen LogP contribution in [0, 0.1) is 10.1 Å². The number of nitrogens with one attached hydrogen (secondary N) is 1. The fourth-order valence-corrected chi connectivity index (χ4v) is 2.31. The molecule has 0 bridgehead atoms. The molecule has 0 aliphatic carbocycles. The zero-order valence-corrected chi connectivity index (χ0v) is 16.1. The highest BCUT2D eigenvalue weighted by atomic mass is 16.6. The number of aliphatic hydroxyl groups excluding tert-OH is 4. The van der Waals surface area contributed by atoms with E-state index in [4.69, 9.17) is 5.11 Å². The molecule has 0 heterocycles. The normalized spacial score (nSPS) is 14.9. The first-order chi connectivity index (χ1) is 14.3. The molecule has 160 valence electrons. The van der Waals surface area contributed by atoms with Crippen LogP contribution in [0.25, 0.3) is 0 Å². The molecule has 5 N–H and O–H groups in total. The Morgan fingerprint density at radius 1 is 1.17 bits per heavy atom. The zero-order valence-electron chi connectivity index (χ0n) is 16.1. The minimum absolute atomic E-state index is 0.0997. The van der Waals surface area contributed by atoms with Crippen LogP contribution < -0.4 is 10.4 Å². The summed E-state index contributed by atoms with van der Waals surface area (Å²) in [6.07, 6.45) is -3.81. The largest absolute Gasteiger partial charge is 0.394 e. The van der Waals surface area contributed by atoms with Gasteiger partial charge in [0.2, 0.25) is 0 Å². The van der Waals surface area contributed by atoms with Crippen LogP contribution in [-0.2, 0) is 0 Å². The first-order valence-corrected chi connectivity index (χ1v) is 8.89. The van der Waals surface area contributed by atoms with Gasteiger partial charge in [-0.3, -0.25) is 20.5 Å². The number of hydrazone groups is 2. The van der Waals surface area contributed by atoms with Crippen molar-refractivity contribution >= 4 is 29.0 Å². The van der Waals surface area contributed by atoms with Gasteiger partial charge < -0.3 is 20.4 Å². The van der Waals surface area contributed by atoms with Crippen LogP contribution in [0.2, 0.25) is 0 Å². The monoisotopic (exact) mass is 417 g/mol. The molecule has 0 saturated heterocycles. The first-order valence-electron chi connectivity index (χ1n) is 8.89. The predicted octanol–water partition coefficient (Wildman–Crippen LogP) is 0.560. The predicted molar refractivity (Wildman–Crippen MR) is 113 cm³/mol. The van der Waals surface area contributed by atoms with E-state index in [-0.39, 0.29) is 11.4 Å². The van der Waals surface area contributed by atoms with Gasteiger partial charge in [-0.2, -0.15) is 10.2 Å². The van der Waals surface area contributed by atoms with E-state index in [9.17, 15) is 25.4 Å². The summed E-state index contributed by atoms with van der Waals surface area (Å²) >= 11 is 0.